The molecule has 0 aliphatic carbocycles. The number of carbonyl (C=O) groups excluding carboxylic acids is 2. The molecule has 0 bridgehead atoms. The molecule has 0 spiro atoms. The van der Waals surface area contributed by atoms with Gasteiger partial charge in [0.15, 0.2) is 0 Å². The van der Waals surface area contributed by atoms with E-state index in [0.717, 1.165) is 5.56 Å². The van der Waals surface area contributed by atoms with Crippen LogP contribution < -0.4 is 10.2 Å². The average Bonchev–Trinajstić information content (AvgIpc) is 3.49. The fourth-order valence-electron chi connectivity index (χ4n) is 3.95. The minimum atomic E-state index is -0.631. The van der Waals surface area contributed by atoms with Crippen molar-refractivity contribution in [3.05, 3.63) is 74.9 Å². The highest BCUT2D eigenvalue weighted by Gasteiger charge is 2.22. The molecule has 0 N–H and O–H groups in total. The average molecular weight is 494 g/mol. The quantitative estimate of drug-likeness (QED) is 0.298. The van der Waals surface area contributed by atoms with Crippen LogP contribution in [0, 0.1) is 13.8 Å². The fourth-order valence-corrected chi connectivity index (χ4v) is 3.95. The molecule has 1 aromatic carbocycles. The summed E-state index contributed by atoms with van der Waals surface area (Å²) in [6.45, 7) is 7.33. The molecule has 3 aromatic heterocycles. The van der Waals surface area contributed by atoms with Crippen molar-refractivity contribution in [2.45, 2.75) is 40.7 Å². The first-order chi connectivity index (χ1) is 17.3. The maximum Gasteiger partial charge on any atom is 0.374 e. The van der Waals surface area contributed by atoms with Gasteiger partial charge in [-0.2, -0.15) is 0 Å². The van der Waals surface area contributed by atoms with Crippen molar-refractivity contribution in [2.24, 2.45) is 0 Å². The van der Waals surface area contributed by atoms with Gasteiger partial charge in [0, 0.05) is 11.6 Å². The van der Waals surface area contributed by atoms with Crippen LogP contribution in [0.15, 0.2) is 48.4 Å². The van der Waals surface area contributed by atoms with Crippen molar-refractivity contribution in [3.8, 4) is 16.9 Å². The lowest BCUT2D eigenvalue weighted by Gasteiger charge is -2.12. The van der Waals surface area contributed by atoms with Gasteiger partial charge < -0.3 is 27.5 Å². The first-order valence-electron chi connectivity index (χ1n) is 11.4. The van der Waals surface area contributed by atoms with Crippen LogP contribution in [0.25, 0.3) is 22.1 Å². The van der Waals surface area contributed by atoms with Crippen molar-refractivity contribution >= 4 is 22.9 Å². The molecule has 0 saturated heterocycles. The Morgan fingerprint density at radius 1 is 0.917 bits per heavy atom. The van der Waals surface area contributed by atoms with E-state index in [1.165, 1.54) is 19.2 Å². The van der Waals surface area contributed by atoms with Gasteiger partial charge in [0.2, 0.25) is 16.9 Å². The number of benzene rings is 1. The number of carbonyl (C=O) groups is 2. The second-order valence-electron chi connectivity index (χ2n) is 8.02. The van der Waals surface area contributed by atoms with Crippen LogP contribution in [0.4, 0.5) is 0 Å². The van der Waals surface area contributed by atoms with E-state index in [-0.39, 0.29) is 30.2 Å². The Labute approximate surface area is 206 Å². The highest BCUT2D eigenvalue weighted by molar-refractivity contribution is 5.90. The third-order valence-electron chi connectivity index (χ3n) is 5.71. The summed E-state index contributed by atoms with van der Waals surface area (Å²) >= 11 is 0. The lowest BCUT2D eigenvalue weighted by Crippen LogP contribution is -2.09. The zero-order chi connectivity index (χ0) is 26.0. The van der Waals surface area contributed by atoms with Gasteiger partial charge in [-0.15, -0.1) is 0 Å². The van der Waals surface area contributed by atoms with E-state index in [9.17, 15) is 14.4 Å². The Balaban J connectivity index is 1.69. The summed E-state index contributed by atoms with van der Waals surface area (Å²) < 4.78 is 32.6. The second kappa shape index (κ2) is 10.2. The van der Waals surface area contributed by atoms with Crippen molar-refractivity contribution in [2.75, 3.05) is 13.7 Å². The Morgan fingerprint density at radius 3 is 2.39 bits per heavy atom. The van der Waals surface area contributed by atoms with Crippen molar-refractivity contribution in [1.82, 2.24) is 0 Å². The molecule has 0 aliphatic heterocycles. The third-order valence-corrected chi connectivity index (χ3v) is 5.71. The van der Waals surface area contributed by atoms with Crippen molar-refractivity contribution in [3.63, 3.8) is 0 Å². The smallest absolute Gasteiger partial charge is 0.374 e. The lowest BCUT2D eigenvalue weighted by molar-refractivity contribution is 0.0485. The number of furan rings is 2. The number of hydrogen-bond acceptors (Lipinski definition) is 9. The van der Waals surface area contributed by atoms with Gasteiger partial charge in [0.25, 0.3) is 0 Å². The molecule has 3 heterocycles. The maximum atomic E-state index is 13.5. The highest BCUT2D eigenvalue weighted by atomic mass is 16.5. The Kier molecular flexibility index (Phi) is 7.00. The van der Waals surface area contributed by atoms with Gasteiger partial charge in [0.1, 0.15) is 35.2 Å². The van der Waals surface area contributed by atoms with E-state index >= 15 is 0 Å². The van der Waals surface area contributed by atoms with E-state index in [4.69, 9.17) is 27.5 Å². The number of rotatable bonds is 8. The summed E-state index contributed by atoms with van der Waals surface area (Å²) in [5.74, 6) is 0.688. The number of esters is 2. The van der Waals surface area contributed by atoms with Crippen LogP contribution >= 0.6 is 0 Å². The van der Waals surface area contributed by atoms with Crippen molar-refractivity contribution in [1.29, 1.82) is 0 Å². The molecule has 4 rings (SSSR count). The van der Waals surface area contributed by atoms with E-state index in [2.05, 4.69) is 0 Å². The summed E-state index contributed by atoms with van der Waals surface area (Å²) in [5.41, 5.74) is 1.68. The molecule has 0 unspecified atom stereocenters. The second-order valence-corrected chi connectivity index (χ2v) is 8.02. The topological polar surface area (TPSA) is 118 Å². The molecule has 0 radical (unpaired) electrons. The Hall–Kier alpha value is -4.27. The molecule has 0 fully saturated rings. The van der Waals surface area contributed by atoms with Crippen LogP contribution in [0.5, 0.6) is 5.75 Å². The first-order valence-corrected chi connectivity index (χ1v) is 11.4. The number of aryl methyl sites for hydroxylation is 3. The highest BCUT2D eigenvalue weighted by Crippen LogP contribution is 2.32. The summed E-state index contributed by atoms with van der Waals surface area (Å²) in [4.78, 5) is 37.2. The lowest BCUT2D eigenvalue weighted by atomic mass is 10.0. The predicted octanol–water partition coefficient (Wildman–Crippen LogP) is 5.37. The molecule has 0 amide bonds. The SMILES string of the molecule is CCOC(=O)c1ccc(COc2cc3oc(C)c(-c4cc(C(=O)OC)oc4C)c(=O)c3cc2CC)o1. The summed E-state index contributed by atoms with van der Waals surface area (Å²) in [5, 5.41) is 0.377. The zero-order valence-corrected chi connectivity index (χ0v) is 20.7. The largest absolute Gasteiger partial charge is 0.485 e. The van der Waals surface area contributed by atoms with Gasteiger partial charge in [-0.3, -0.25) is 4.79 Å². The first kappa shape index (κ1) is 24.8. The molecule has 0 aliphatic rings. The fraction of sp³-hybridized carbons (Fsp3) is 0.296. The Bertz CT molecular complexity index is 1500. The van der Waals surface area contributed by atoms with Crippen LogP contribution in [-0.4, -0.2) is 25.7 Å². The Morgan fingerprint density at radius 2 is 1.69 bits per heavy atom. The predicted molar refractivity (Wildman–Crippen MR) is 129 cm³/mol. The summed E-state index contributed by atoms with van der Waals surface area (Å²) in [7, 11) is 1.26. The molecule has 188 valence electrons. The molecular weight excluding hydrogens is 468 g/mol. The molecule has 36 heavy (non-hydrogen) atoms. The molecule has 9 nitrogen and oxygen atoms in total. The number of hydrogen-bond donors (Lipinski definition) is 0. The van der Waals surface area contributed by atoms with Gasteiger partial charge in [-0.05, 0) is 57.0 Å². The minimum Gasteiger partial charge on any atom is -0.485 e. The van der Waals surface area contributed by atoms with Gasteiger partial charge in [-0.1, -0.05) is 6.92 Å². The van der Waals surface area contributed by atoms with Crippen molar-refractivity contribution < 1.29 is 37.1 Å². The molecule has 0 atom stereocenters. The number of fused-ring (bicyclic) bond motifs is 1. The van der Waals surface area contributed by atoms with E-state index in [0.29, 0.717) is 51.5 Å². The van der Waals surface area contributed by atoms with Crippen LogP contribution in [0.1, 0.15) is 57.8 Å². The van der Waals surface area contributed by atoms with E-state index in [1.54, 1.807) is 39.0 Å². The van der Waals surface area contributed by atoms with E-state index < -0.39 is 11.9 Å². The van der Waals surface area contributed by atoms with Gasteiger partial charge in [-0.25, -0.2) is 9.59 Å². The molecule has 0 saturated carbocycles. The summed E-state index contributed by atoms with van der Waals surface area (Å²) in [6, 6.07) is 8.07. The summed E-state index contributed by atoms with van der Waals surface area (Å²) in [6.07, 6.45) is 0.595. The monoisotopic (exact) mass is 494 g/mol. The minimum absolute atomic E-state index is 0.00549. The number of ether oxygens (including phenoxy) is 3. The third kappa shape index (κ3) is 4.64. The zero-order valence-electron chi connectivity index (χ0n) is 20.7. The van der Waals surface area contributed by atoms with Gasteiger partial charge >= 0.3 is 11.9 Å². The van der Waals surface area contributed by atoms with E-state index in [1.807, 2.05) is 6.92 Å². The maximum absolute atomic E-state index is 13.5. The van der Waals surface area contributed by atoms with Crippen LogP contribution in [-0.2, 0) is 22.5 Å². The molecule has 4 aromatic rings. The van der Waals surface area contributed by atoms with Crippen LogP contribution in [0.3, 0.4) is 0 Å². The molecular formula is C27H26O9. The van der Waals surface area contributed by atoms with Gasteiger partial charge in [0.05, 0.1) is 24.7 Å². The van der Waals surface area contributed by atoms with Crippen LogP contribution in [0.2, 0.25) is 0 Å². The molecule has 9 heteroatoms. The number of methoxy groups -OCH3 is 1. The standard InChI is InChI=1S/C27H26O9/c1-6-16-10-19-22(12-21(16)33-13-17-8-9-20(36-17)27(30)32-7-2)35-15(4)24(25(19)28)18-11-23(26(29)31-5)34-14(18)3/h8-12H,6-7,13H2,1-5H3. The normalized spacial score (nSPS) is 11.0.